The van der Waals surface area contributed by atoms with Crippen LogP contribution >= 0.6 is 0 Å². The second-order valence-corrected chi connectivity index (χ2v) is 2.09. The van der Waals surface area contributed by atoms with Crippen molar-refractivity contribution in [3.05, 3.63) is 11.6 Å². The van der Waals surface area contributed by atoms with Gasteiger partial charge in [0.2, 0.25) is 0 Å². The molecule has 0 radical (unpaired) electrons. The van der Waals surface area contributed by atoms with Crippen LogP contribution in [0.3, 0.4) is 0 Å². The smallest absolute Gasteiger partial charge is 0.0666 e. The van der Waals surface area contributed by atoms with Gasteiger partial charge in [0, 0.05) is 0 Å². The van der Waals surface area contributed by atoms with Crippen molar-refractivity contribution in [3.63, 3.8) is 0 Å². The van der Waals surface area contributed by atoms with Crippen molar-refractivity contribution in [2.24, 2.45) is 0 Å². The molecule has 0 unspecified atom stereocenters. The van der Waals surface area contributed by atoms with Crippen LogP contribution in [0, 0.1) is 11.3 Å². The van der Waals surface area contributed by atoms with Gasteiger partial charge in [-0.05, 0) is 19.3 Å². The van der Waals surface area contributed by atoms with E-state index < -0.39 is 0 Å². The predicted molar refractivity (Wildman–Crippen MR) is 32.2 cm³/mol. The maximum Gasteiger partial charge on any atom is 0.0666 e. The third kappa shape index (κ3) is 1.10. The average Bonchev–Trinajstić information content (AvgIpc) is 2.19. The van der Waals surface area contributed by atoms with E-state index in [9.17, 15) is 0 Å². The molecule has 0 aromatic heterocycles. The van der Waals surface area contributed by atoms with Crippen LogP contribution in [-0.2, 0) is 0 Å². The van der Waals surface area contributed by atoms with Crippen LogP contribution in [0.2, 0.25) is 0 Å². The topological polar surface area (TPSA) is 23.8 Å². The Morgan fingerprint density at radius 1 is 1.75 bits per heavy atom. The molecule has 42 valence electrons. The summed E-state index contributed by atoms with van der Waals surface area (Å²) in [6.45, 7) is 0. The lowest BCUT2D eigenvalue weighted by molar-refractivity contribution is 0.894. The zero-order chi connectivity index (χ0) is 5.82. The Bertz CT molecular complexity index is 139. The summed E-state index contributed by atoms with van der Waals surface area (Å²) < 4.78 is 0. The van der Waals surface area contributed by atoms with Crippen LogP contribution in [0.15, 0.2) is 11.6 Å². The molecule has 0 aromatic rings. The zero-order valence-corrected chi connectivity index (χ0v) is 4.85. The molecular formula is C7H9N. The normalized spacial score (nSPS) is 17.6. The van der Waals surface area contributed by atoms with Gasteiger partial charge >= 0.3 is 0 Å². The van der Waals surface area contributed by atoms with Crippen molar-refractivity contribution in [3.8, 4) is 6.07 Å². The van der Waals surface area contributed by atoms with Crippen LogP contribution in [0.25, 0.3) is 0 Å². The van der Waals surface area contributed by atoms with Gasteiger partial charge in [0.25, 0.3) is 0 Å². The first-order valence-electron chi connectivity index (χ1n) is 2.98. The van der Waals surface area contributed by atoms with Gasteiger partial charge in [-0.3, -0.25) is 0 Å². The lowest BCUT2D eigenvalue weighted by Crippen LogP contribution is -1.71. The summed E-state index contributed by atoms with van der Waals surface area (Å²) in [5, 5.41) is 8.24. The fraction of sp³-hybridized carbons (Fsp3) is 0.571. The van der Waals surface area contributed by atoms with E-state index in [1.807, 2.05) is 0 Å². The van der Waals surface area contributed by atoms with Gasteiger partial charge in [-0.1, -0.05) is 11.6 Å². The standard InChI is InChI=1S/C7H9N/c8-6-5-7-3-1-2-4-7/h3H,1-2,4-5H2. The quantitative estimate of drug-likeness (QED) is 0.470. The zero-order valence-electron chi connectivity index (χ0n) is 4.85. The molecule has 0 spiro atoms. The van der Waals surface area contributed by atoms with Crippen LogP contribution in [0.1, 0.15) is 25.7 Å². The highest BCUT2D eigenvalue weighted by Gasteiger charge is 2.01. The van der Waals surface area contributed by atoms with E-state index in [1.54, 1.807) is 0 Å². The monoisotopic (exact) mass is 107 g/mol. The van der Waals surface area contributed by atoms with Gasteiger partial charge in [-0.15, -0.1) is 0 Å². The molecule has 0 saturated heterocycles. The maximum absolute atomic E-state index is 8.24. The Morgan fingerprint density at radius 2 is 2.62 bits per heavy atom. The van der Waals surface area contributed by atoms with Crippen LogP contribution in [0.4, 0.5) is 0 Å². The number of hydrogen-bond donors (Lipinski definition) is 0. The lowest BCUT2D eigenvalue weighted by Gasteiger charge is -1.86. The minimum absolute atomic E-state index is 0.653. The molecule has 0 atom stereocenters. The van der Waals surface area contributed by atoms with Crippen molar-refractivity contribution in [2.45, 2.75) is 25.7 Å². The fourth-order valence-electron chi connectivity index (χ4n) is 0.999. The van der Waals surface area contributed by atoms with E-state index in [2.05, 4.69) is 12.1 Å². The highest BCUT2D eigenvalue weighted by atomic mass is 14.2. The first kappa shape index (κ1) is 5.37. The molecule has 0 heterocycles. The van der Waals surface area contributed by atoms with E-state index in [0.717, 1.165) is 6.42 Å². The molecule has 1 rings (SSSR count). The van der Waals surface area contributed by atoms with Gasteiger partial charge in [0.15, 0.2) is 0 Å². The van der Waals surface area contributed by atoms with Gasteiger partial charge < -0.3 is 0 Å². The van der Waals surface area contributed by atoms with Crippen LogP contribution < -0.4 is 0 Å². The van der Waals surface area contributed by atoms with Crippen molar-refractivity contribution >= 4 is 0 Å². The van der Waals surface area contributed by atoms with E-state index in [1.165, 1.54) is 18.4 Å². The van der Waals surface area contributed by atoms with Gasteiger partial charge in [-0.25, -0.2) is 0 Å². The number of nitrogens with zero attached hydrogens (tertiary/aromatic N) is 1. The molecule has 1 heteroatoms. The van der Waals surface area contributed by atoms with E-state index in [-0.39, 0.29) is 0 Å². The fourth-order valence-corrected chi connectivity index (χ4v) is 0.999. The molecule has 0 amide bonds. The molecule has 0 N–H and O–H groups in total. The minimum atomic E-state index is 0.653. The summed E-state index contributed by atoms with van der Waals surface area (Å²) in [6.07, 6.45) is 6.45. The molecule has 1 aliphatic carbocycles. The first-order chi connectivity index (χ1) is 3.93. The molecule has 1 nitrogen and oxygen atoms in total. The van der Waals surface area contributed by atoms with E-state index in [4.69, 9.17) is 5.26 Å². The largest absolute Gasteiger partial charge is 0.198 e. The minimum Gasteiger partial charge on any atom is -0.198 e. The highest BCUT2D eigenvalue weighted by Crippen LogP contribution is 2.19. The second kappa shape index (κ2) is 2.52. The average molecular weight is 107 g/mol. The molecule has 0 bridgehead atoms. The van der Waals surface area contributed by atoms with Crippen LogP contribution in [-0.4, -0.2) is 0 Å². The Balaban J connectivity index is 2.36. The van der Waals surface area contributed by atoms with Crippen molar-refractivity contribution in [1.82, 2.24) is 0 Å². The van der Waals surface area contributed by atoms with Gasteiger partial charge in [0.05, 0.1) is 12.5 Å². The molecule has 0 aliphatic heterocycles. The van der Waals surface area contributed by atoms with Crippen LogP contribution in [0.5, 0.6) is 0 Å². The summed E-state index contributed by atoms with van der Waals surface area (Å²) in [7, 11) is 0. The molecule has 8 heavy (non-hydrogen) atoms. The number of nitriles is 1. The maximum atomic E-state index is 8.24. The second-order valence-electron chi connectivity index (χ2n) is 2.09. The summed E-state index contributed by atoms with van der Waals surface area (Å²) in [6, 6.07) is 2.14. The Hall–Kier alpha value is -0.770. The molecule has 0 saturated carbocycles. The van der Waals surface area contributed by atoms with E-state index in [0.29, 0.717) is 6.42 Å². The third-order valence-electron chi connectivity index (χ3n) is 1.44. The lowest BCUT2D eigenvalue weighted by atomic mass is 10.2. The van der Waals surface area contributed by atoms with Crippen molar-refractivity contribution < 1.29 is 0 Å². The Kier molecular flexibility index (Phi) is 1.69. The van der Waals surface area contributed by atoms with Gasteiger partial charge in [-0.2, -0.15) is 5.26 Å². The molecule has 1 aliphatic rings. The number of rotatable bonds is 1. The van der Waals surface area contributed by atoms with Crippen molar-refractivity contribution in [2.75, 3.05) is 0 Å². The molecule has 0 fully saturated rings. The van der Waals surface area contributed by atoms with Gasteiger partial charge in [0.1, 0.15) is 0 Å². The molecule has 0 aromatic carbocycles. The number of hydrogen-bond acceptors (Lipinski definition) is 1. The summed E-state index contributed by atoms with van der Waals surface area (Å²) >= 11 is 0. The Labute approximate surface area is 49.6 Å². The number of allylic oxidation sites excluding steroid dienone is 2. The highest BCUT2D eigenvalue weighted by molar-refractivity contribution is 5.11. The summed E-state index contributed by atoms with van der Waals surface area (Å²) in [4.78, 5) is 0. The molecular weight excluding hydrogens is 98.1 g/mol. The third-order valence-corrected chi connectivity index (χ3v) is 1.44. The SMILES string of the molecule is N#CCC1=CCCC1. The first-order valence-corrected chi connectivity index (χ1v) is 2.98. The van der Waals surface area contributed by atoms with Crippen molar-refractivity contribution in [1.29, 1.82) is 5.26 Å². The van der Waals surface area contributed by atoms with E-state index >= 15 is 0 Å². The predicted octanol–water partition coefficient (Wildman–Crippen LogP) is 2.01. The summed E-state index contributed by atoms with van der Waals surface area (Å²) in [5.41, 5.74) is 1.34. The summed E-state index contributed by atoms with van der Waals surface area (Å²) in [5.74, 6) is 0. The Morgan fingerprint density at radius 3 is 3.12 bits per heavy atom.